The fraction of sp³-hybridized carbons (Fsp3) is 0.143. The summed E-state index contributed by atoms with van der Waals surface area (Å²) in [6.07, 6.45) is 0. The minimum atomic E-state index is -0.662. The summed E-state index contributed by atoms with van der Waals surface area (Å²) in [6, 6.07) is 10.5. The first-order valence-electron chi connectivity index (χ1n) is 9.74. The number of nitro groups is 1. The molecule has 2 N–H and O–H groups in total. The third kappa shape index (κ3) is 4.69. The summed E-state index contributed by atoms with van der Waals surface area (Å²) >= 11 is 7.30. The van der Waals surface area contributed by atoms with E-state index in [2.05, 4.69) is 20.4 Å². The number of hydrogen-bond donors (Lipinski definition) is 2. The number of aromatic amines is 1. The molecule has 0 aliphatic rings. The van der Waals surface area contributed by atoms with Gasteiger partial charge in [0.1, 0.15) is 16.5 Å². The van der Waals surface area contributed by atoms with E-state index in [1.54, 1.807) is 6.07 Å². The molecule has 33 heavy (non-hydrogen) atoms. The first kappa shape index (κ1) is 22.4. The highest BCUT2D eigenvalue weighted by Crippen LogP contribution is 2.29. The number of hydrogen-bond acceptors (Lipinski definition) is 7. The molecule has 4 aromatic rings. The molecule has 0 saturated heterocycles. The van der Waals surface area contributed by atoms with E-state index in [1.807, 2.05) is 31.4 Å². The fourth-order valence-electron chi connectivity index (χ4n) is 3.02. The Morgan fingerprint density at radius 3 is 2.73 bits per heavy atom. The van der Waals surface area contributed by atoms with E-state index in [0.29, 0.717) is 11.4 Å². The van der Waals surface area contributed by atoms with Gasteiger partial charge in [0.2, 0.25) is 5.95 Å². The molecule has 0 bridgehead atoms. The van der Waals surface area contributed by atoms with Crippen molar-refractivity contribution in [1.82, 2.24) is 19.7 Å². The average Bonchev–Trinajstić information content (AvgIpc) is 3.43. The van der Waals surface area contributed by atoms with E-state index < -0.39 is 10.8 Å². The second kappa shape index (κ2) is 8.96. The summed E-state index contributed by atoms with van der Waals surface area (Å²) in [7, 11) is 0. The van der Waals surface area contributed by atoms with E-state index in [-0.39, 0.29) is 39.5 Å². The van der Waals surface area contributed by atoms with Crippen molar-refractivity contribution in [2.24, 2.45) is 0 Å². The van der Waals surface area contributed by atoms with Crippen LogP contribution in [-0.2, 0) is 0 Å². The van der Waals surface area contributed by atoms with Gasteiger partial charge in [-0.3, -0.25) is 24.7 Å². The van der Waals surface area contributed by atoms with Gasteiger partial charge >= 0.3 is 0 Å². The first-order chi connectivity index (χ1) is 15.7. The lowest BCUT2D eigenvalue weighted by molar-refractivity contribution is -0.384. The van der Waals surface area contributed by atoms with Crippen molar-refractivity contribution in [2.75, 3.05) is 5.32 Å². The van der Waals surface area contributed by atoms with Gasteiger partial charge in [0.15, 0.2) is 0 Å². The highest BCUT2D eigenvalue weighted by molar-refractivity contribution is 7.13. The molecule has 0 fully saturated rings. The van der Waals surface area contributed by atoms with Crippen LogP contribution in [0, 0.1) is 10.1 Å². The maximum atomic E-state index is 12.9. The third-order valence-corrected chi connectivity index (χ3v) is 5.88. The van der Waals surface area contributed by atoms with E-state index >= 15 is 0 Å². The highest BCUT2D eigenvalue weighted by Gasteiger charge is 2.20. The quantitative estimate of drug-likeness (QED) is 0.302. The van der Waals surface area contributed by atoms with Crippen LogP contribution in [0.4, 0.5) is 11.5 Å². The van der Waals surface area contributed by atoms with Crippen molar-refractivity contribution >= 4 is 40.4 Å². The molecule has 10 nitrogen and oxygen atoms in total. The molecule has 0 unspecified atom stereocenters. The summed E-state index contributed by atoms with van der Waals surface area (Å²) in [6.45, 7) is 3.81. The number of nitrogens with one attached hydrogen (secondary N) is 2. The Kier molecular flexibility index (Phi) is 6.07. The van der Waals surface area contributed by atoms with Crippen LogP contribution >= 0.6 is 22.9 Å². The summed E-state index contributed by atoms with van der Waals surface area (Å²) in [5.41, 5.74) is 0.414. The van der Waals surface area contributed by atoms with Gasteiger partial charge in [-0.25, -0.2) is 4.98 Å². The topological polar surface area (TPSA) is 136 Å². The van der Waals surface area contributed by atoms with Crippen LogP contribution < -0.4 is 10.9 Å². The molecule has 0 spiro atoms. The number of nitro benzene ring substituents is 1. The average molecular weight is 485 g/mol. The molecular formula is C21H17ClN6O4S. The Balaban J connectivity index is 1.78. The zero-order chi connectivity index (χ0) is 23.7. The second-order valence-electron chi connectivity index (χ2n) is 7.33. The molecule has 0 saturated carbocycles. The number of carbonyl (C=O) groups is 1. The van der Waals surface area contributed by atoms with Gasteiger partial charge in [0, 0.05) is 23.8 Å². The molecule has 0 atom stereocenters. The van der Waals surface area contributed by atoms with E-state index in [0.717, 1.165) is 10.9 Å². The van der Waals surface area contributed by atoms with E-state index in [4.69, 9.17) is 11.6 Å². The molecular weight excluding hydrogens is 468 g/mol. The monoisotopic (exact) mass is 484 g/mol. The molecule has 0 aliphatic heterocycles. The lowest BCUT2D eigenvalue weighted by atomic mass is 10.1. The van der Waals surface area contributed by atoms with Gasteiger partial charge in [0.05, 0.1) is 15.5 Å². The number of benzene rings is 1. The molecule has 12 heteroatoms. The summed E-state index contributed by atoms with van der Waals surface area (Å²) in [5, 5.41) is 20.2. The van der Waals surface area contributed by atoms with Crippen molar-refractivity contribution in [3.63, 3.8) is 0 Å². The Morgan fingerprint density at radius 2 is 2.06 bits per heavy atom. The van der Waals surface area contributed by atoms with Gasteiger partial charge in [-0.2, -0.15) is 9.78 Å². The highest BCUT2D eigenvalue weighted by atomic mass is 35.5. The molecule has 1 aromatic carbocycles. The molecule has 4 rings (SSSR count). The zero-order valence-electron chi connectivity index (χ0n) is 17.4. The zero-order valence-corrected chi connectivity index (χ0v) is 19.0. The molecule has 1 amide bonds. The Labute approximate surface area is 196 Å². The van der Waals surface area contributed by atoms with Gasteiger partial charge in [-0.05, 0) is 29.5 Å². The van der Waals surface area contributed by atoms with Crippen molar-refractivity contribution in [2.45, 2.75) is 19.8 Å². The number of thiophene rings is 1. The number of aromatic nitrogens is 4. The molecule has 0 aliphatic carbocycles. The molecule has 168 valence electrons. The smallest absolute Gasteiger partial charge is 0.288 e. The number of nitrogens with zero attached hydrogens (tertiary/aromatic N) is 4. The van der Waals surface area contributed by atoms with Crippen molar-refractivity contribution in [1.29, 1.82) is 0 Å². The minimum absolute atomic E-state index is 0.00830. The number of halogens is 1. The maximum absolute atomic E-state index is 12.9. The van der Waals surface area contributed by atoms with Gasteiger partial charge < -0.3 is 5.32 Å². The van der Waals surface area contributed by atoms with Crippen LogP contribution in [-0.4, -0.2) is 30.6 Å². The number of rotatable bonds is 6. The normalized spacial score (nSPS) is 11.0. The van der Waals surface area contributed by atoms with Gasteiger partial charge in [0.25, 0.3) is 17.2 Å². The summed E-state index contributed by atoms with van der Waals surface area (Å²) < 4.78 is 1.32. The fourth-order valence-corrected chi connectivity index (χ4v) is 3.89. The first-order valence-corrected chi connectivity index (χ1v) is 11.0. The predicted molar refractivity (Wildman–Crippen MR) is 125 cm³/mol. The Hall–Kier alpha value is -3.83. The predicted octanol–water partition coefficient (Wildman–Crippen LogP) is 4.62. The number of carbonyl (C=O) groups excluding carboxylic acids is 1. The number of anilines is 1. The SMILES string of the molecule is CC(C)c1cc(=O)[nH]c(-n2nc(-c3cccs3)cc2NC(=O)c2ccc(Cl)c([N+](=O)[O-])c2)n1. The van der Waals surface area contributed by atoms with E-state index in [1.165, 1.54) is 34.2 Å². The van der Waals surface area contributed by atoms with Crippen LogP contribution in [0.1, 0.15) is 35.8 Å². The largest absolute Gasteiger partial charge is 0.306 e. The lowest BCUT2D eigenvalue weighted by Crippen LogP contribution is -2.19. The van der Waals surface area contributed by atoms with Gasteiger partial charge in [-0.15, -0.1) is 11.3 Å². The molecule has 3 heterocycles. The van der Waals surface area contributed by atoms with Crippen molar-refractivity contribution in [3.8, 4) is 16.5 Å². The Bertz CT molecular complexity index is 1410. The minimum Gasteiger partial charge on any atom is -0.306 e. The summed E-state index contributed by atoms with van der Waals surface area (Å²) in [4.78, 5) is 43.6. The Morgan fingerprint density at radius 1 is 1.27 bits per heavy atom. The van der Waals surface area contributed by atoms with Crippen LogP contribution in [0.5, 0.6) is 0 Å². The van der Waals surface area contributed by atoms with E-state index in [9.17, 15) is 19.7 Å². The lowest BCUT2D eigenvalue weighted by Gasteiger charge is -2.10. The van der Waals surface area contributed by atoms with Gasteiger partial charge in [-0.1, -0.05) is 31.5 Å². The number of amides is 1. The van der Waals surface area contributed by atoms with Crippen molar-refractivity contribution in [3.05, 3.63) is 84.6 Å². The van der Waals surface area contributed by atoms with Crippen LogP contribution in [0.15, 0.2) is 52.6 Å². The van der Waals surface area contributed by atoms with Crippen LogP contribution in [0.3, 0.4) is 0 Å². The summed E-state index contributed by atoms with van der Waals surface area (Å²) in [5.74, 6) is -0.265. The second-order valence-corrected chi connectivity index (χ2v) is 8.68. The molecule has 3 aromatic heterocycles. The third-order valence-electron chi connectivity index (χ3n) is 4.67. The standard InChI is InChI=1S/C21H17ClN6O4S/c1-11(2)14-10-19(29)25-21(23-14)27-18(9-15(26-27)17-4-3-7-33-17)24-20(30)12-5-6-13(22)16(8-12)28(31)32/h3-11H,1-2H3,(H,24,30)(H,23,25,29). The number of H-pyrrole nitrogens is 1. The van der Waals surface area contributed by atoms with Crippen LogP contribution in [0.25, 0.3) is 16.5 Å². The van der Waals surface area contributed by atoms with Crippen molar-refractivity contribution < 1.29 is 9.72 Å². The maximum Gasteiger partial charge on any atom is 0.288 e. The molecule has 0 radical (unpaired) electrons. The van der Waals surface area contributed by atoms with Crippen LogP contribution in [0.2, 0.25) is 5.02 Å².